The van der Waals surface area contributed by atoms with Crippen molar-refractivity contribution in [2.75, 3.05) is 13.2 Å². The molecule has 0 radical (unpaired) electrons. The quantitative estimate of drug-likeness (QED) is 0.101. The van der Waals surface area contributed by atoms with Crippen LogP contribution in [-0.2, 0) is 38.6 Å². The molecule has 0 aromatic heterocycles. The first-order valence-electron chi connectivity index (χ1n) is 16.2. The molecule has 0 saturated heterocycles. The van der Waals surface area contributed by atoms with Gasteiger partial charge < -0.3 is 25.2 Å². The maximum absolute atomic E-state index is 13.1. The van der Waals surface area contributed by atoms with Gasteiger partial charge in [-0.2, -0.15) is 0 Å². The van der Waals surface area contributed by atoms with Gasteiger partial charge in [-0.3, -0.25) is 14.4 Å². The van der Waals surface area contributed by atoms with Crippen molar-refractivity contribution < 1.29 is 29.0 Å². The van der Waals surface area contributed by atoms with Gasteiger partial charge in [-0.1, -0.05) is 84.9 Å². The summed E-state index contributed by atoms with van der Waals surface area (Å²) in [7, 11) is 0. The van der Waals surface area contributed by atoms with Crippen molar-refractivity contribution in [3.05, 3.63) is 127 Å². The molecule has 0 heterocycles. The van der Waals surface area contributed by atoms with Crippen LogP contribution >= 0.6 is 0 Å². The van der Waals surface area contributed by atoms with Gasteiger partial charge >= 0.3 is 5.97 Å². The smallest absolute Gasteiger partial charge is 0.309 e. The van der Waals surface area contributed by atoms with E-state index in [1.807, 2.05) is 84.9 Å². The van der Waals surface area contributed by atoms with Gasteiger partial charge in [-0.15, -0.1) is 13.2 Å². The number of nitrogens with one attached hydrogen (secondary N) is 2. The van der Waals surface area contributed by atoms with Crippen LogP contribution in [-0.4, -0.2) is 48.2 Å². The Balaban J connectivity index is 1.46. The Morgan fingerprint density at radius 1 is 0.809 bits per heavy atom. The molecule has 2 amide bonds. The molecular formula is C39H48N2O6. The summed E-state index contributed by atoms with van der Waals surface area (Å²) in [5.41, 5.74) is 3.05. The molecule has 0 aliphatic heterocycles. The number of benzene rings is 3. The summed E-state index contributed by atoms with van der Waals surface area (Å²) in [5.74, 6) is -1.25. The predicted octanol–water partition coefficient (Wildman–Crippen LogP) is 5.74. The molecule has 47 heavy (non-hydrogen) atoms. The van der Waals surface area contributed by atoms with Crippen molar-refractivity contribution >= 4 is 17.8 Å². The Morgan fingerprint density at radius 2 is 1.45 bits per heavy atom. The first kappa shape index (κ1) is 36.8. The molecule has 0 bridgehead atoms. The highest BCUT2D eigenvalue weighted by Gasteiger charge is 2.25. The number of rotatable bonds is 21. The number of esters is 1. The normalized spacial score (nSPS) is 13.3. The third kappa shape index (κ3) is 13.7. The van der Waals surface area contributed by atoms with Gasteiger partial charge in [-0.25, -0.2) is 0 Å². The molecule has 8 nitrogen and oxygen atoms in total. The molecule has 0 fully saturated rings. The molecular weight excluding hydrogens is 592 g/mol. The zero-order valence-electron chi connectivity index (χ0n) is 27.3. The molecule has 0 unspecified atom stereocenters. The summed E-state index contributed by atoms with van der Waals surface area (Å²) >= 11 is 0. The largest absolute Gasteiger partial charge is 0.489 e. The number of amides is 2. The van der Waals surface area contributed by atoms with E-state index in [4.69, 9.17) is 9.47 Å². The van der Waals surface area contributed by atoms with E-state index >= 15 is 0 Å². The lowest BCUT2D eigenvalue weighted by Crippen LogP contribution is -2.44. The highest BCUT2D eigenvalue weighted by molar-refractivity contribution is 5.86. The van der Waals surface area contributed by atoms with E-state index in [2.05, 4.69) is 23.8 Å². The molecule has 0 saturated carbocycles. The summed E-state index contributed by atoms with van der Waals surface area (Å²) in [6.07, 6.45) is 5.90. The highest BCUT2D eigenvalue weighted by atomic mass is 16.5. The molecule has 3 rings (SSSR count). The van der Waals surface area contributed by atoms with E-state index in [9.17, 15) is 19.5 Å². The van der Waals surface area contributed by atoms with E-state index in [0.29, 0.717) is 38.7 Å². The predicted molar refractivity (Wildman–Crippen MR) is 184 cm³/mol. The second-order valence-electron chi connectivity index (χ2n) is 11.8. The van der Waals surface area contributed by atoms with Gasteiger partial charge in [0.25, 0.3) is 0 Å². The minimum Gasteiger partial charge on any atom is -0.489 e. The fraction of sp³-hybridized carbons (Fsp3) is 0.359. The first-order chi connectivity index (χ1) is 22.8. The fourth-order valence-electron chi connectivity index (χ4n) is 5.15. The zero-order chi connectivity index (χ0) is 33.9. The van der Waals surface area contributed by atoms with Crippen LogP contribution in [0.1, 0.15) is 49.3 Å². The van der Waals surface area contributed by atoms with E-state index < -0.39 is 18.0 Å². The number of carbonyl (C=O) groups excluding carboxylic acids is 3. The molecule has 0 spiro atoms. The SMILES string of the molecule is C=CCC[C@H](Cc1ccccc1)C(=O)OC[C@H](C)NC(=O)[C@@H](CC=C)CC(=O)N[C@H](CO)Cc1ccc(OCc2ccccc2)cc1. The second-order valence-corrected chi connectivity index (χ2v) is 11.8. The van der Waals surface area contributed by atoms with Gasteiger partial charge in [0.2, 0.25) is 11.8 Å². The van der Waals surface area contributed by atoms with E-state index in [1.165, 1.54) is 0 Å². The Kier molecular flexibility index (Phi) is 16.0. The second kappa shape index (κ2) is 20.4. The number of aliphatic hydroxyl groups excluding tert-OH is 1. The third-order valence-corrected chi connectivity index (χ3v) is 7.73. The van der Waals surface area contributed by atoms with Crippen LogP contribution < -0.4 is 15.4 Å². The third-order valence-electron chi connectivity index (χ3n) is 7.73. The van der Waals surface area contributed by atoms with Crippen LogP contribution in [0.4, 0.5) is 0 Å². The number of ether oxygens (including phenoxy) is 2. The molecule has 4 atom stereocenters. The Morgan fingerprint density at radius 3 is 2.06 bits per heavy atom. The molecule has 3 N–H and O–H groups in total. The molecule has 3 aromatic rings. The number of hydrogen-bond acceptors (Lipinski definition) is 6. The zero-order valence-corrected chi connectivity index (χ0v) is 27.3. The Hall–Kier alpha value is -4.69. The standard InChI is InChI=1S/C39H48N2O6/c1-4-6-18-34(23-30-14-9-7-10-15-30)39(45)47-27-29(3)40-38(44)33(13-5-2)25-37(43)41-35(26-42)24-31-19-21-36(22-20-31)46-28-32-16-11-8-12-17-32/h4-5,7-12,14-17,19-22,29,33-35,42H,1-2,6,13,18,23-28H2,3H3,(H,40,44)(H,41,43)/t29-,33-,34+,35-/m0/s1. The van der Waals surface area contributed by atoms with Crippen molar-refractivity contribution in [2.24, 2.45) is 11.8 Å². The molecule has 0 aliphatic carbocycles. The van der Waals surface area contributed by atoms with Crippen molar-refractivity contribution in [1.82, 2.24) is 10.6 Å². The lowest BCUT2D eigenvalue weighted by atomic mass is 9.95. The van der Waals surface area contributed by atoms with E-state index in [1.54, 1.807) is 19.1 Å². The van der Waals surface area contributed by atoms with E-state index in [-0.39, 0.29) is 43.3 Å². The van der Waals surface area contributed by atoms with Gasteiger partial charge in [-0.05, 0) is 67.9 Å². The van der Waals surface area contributed by atoms with Crippen LogP contribution in [0.5, 0.6) is 5.75 Å². The van der Waals surface area contributed by atoms with Crippen molar-refractivity contribution in [3.63, 3.8) is 0 Å². The van der Waals surface area contributed by atoms with Gasteiger partial charge in [0.15, 0.2) is 0 Å². The van der Waals surface area contributed by atoms with Crippen molar-refractivity contribution in [2.45, 2.75) is 64.1 Å². The topological polar surface area (TPSA) is 114 Å². The average molecular weight is 641 g/mol. The lowest BCUT2D eigenvalue weighted by Gasteiger charge is -2.22. The highest BCUT2D eigenvalue weighted by Crippen LogP contribution is 2.18. The van der Waals surface area contributed by atoms with Crippen LogP contribution in [0, 0.1) is 11.8 Å². The Bertz CT molecular complexity index is 1390. The summed E-state index contributed by atoms with van der Waals surface area (Å²) in [6.45, 7) is 9.48. The fourth-order valence-corrected chi connectivity index (χ4v) is 5.15. The van der Waals surface area contributed by atoms with Gasteiger partial charge in [0.1, 0.15) is 19.0 Å². The van der Waals surface area contributed by atoms with Crippen molar-refractivity contribution in [3.8, 4) is 5.75 Å². The minimum absolute atomic E-state index is 0.0135. The molecule has 0 aliphatic rings. The summed E-state index contributed by atoms with van der Waals surface area (Å²) < 4.78 is 11.4. The summed E-state index contributed by atoms with van der Waals surface area (Å²) in [6, 6.07) is 26.2. The monoisotopic (exact) mass is 640 g/mol. The maximum atomic E-state index is 13.1. The number of allylic oxidation sites excluding steroid dienone is 2. The van der Waals surface area contributed by atoms with Crippen molar-refractivity contribution in [1.29, 1.82) is 0 Å². The van der Waals surface area contributed by atoms with Crippen LogP contribution in [0.15, 0.2) is 110 Å². The van der Waals surface area contributed by atoms with E-state index in [0.717, 1.165) is 22.4 Å². The molecule has 250 valence electrons. The minimum atomic E-state index is -0.663. The maximum Gasteiger partial charge on any atom is 0.309 e. The Labute approximate surface area is 278 Å². The van der Waals surface area contributed by atoms with Crippen LogP contribution in [0.2, 0.25) is 0 Å². The lowest BCUT2D eigenvalue weighted by molar-refractivity contribution is -0.150. The number of aliphatic hydroxyl groups is 1. The van der Waals surface area contributed by atoms with Crippen LogP contribution in [0.3, 0.4) is 0 Å². The van der Waals surface area contributed by atoms with Crippen LogP contribution in [0.25, 0.3) is 0 Å². The number of hydrogen-bond donors (Lipinski definition) is 3. The summed E-state index contributed by atoms with van der Waals surface area (Å²) in [5, 5.41) is 15.7. The molecule has 8 heteroatoms. The average Bonchev–Trinajstić information content (AvgIpc) is 3.09. The first-order valence-corrected chi connectivity index (χ1v) is 16.2. The summed E-state index contributed by atoms with van der Waals surface area (Å²) in [4.78, 5) is 39.0. The number of carbonyl (C=O) groups is 3. The molecule has 3 aromatic carbocycles. The van der Waals surface area contributed by atoms with Gasteiger partial charge in [0.05, 0.1) is 30.5 Å². The van der Waals surface area contributed by atoms with Gasteiger partial charge in [0, 0.05) is 6.42 Å².